The smallest absolute Gasteiger partial charge is 0.169 e. The fourth-order valence-electron chi connectivity index (χ4n) is 2.38. The van der Waals surface area contributed by atoms with Crippen molar-refractivity contribution in [2.24, 2.45) is 7.05 Å². The highest BCUT2D eigenvalue weighted by Crippen LogP contribution is 2.26. The van der Waals surface area contributed by atoms with Gasteiger partial charge in [-0.3, -0.25) is 0 Å². The first kappa shape index (κ1) is 12.9. The Bertz CT molecular complexity index is 849. The first-order chi connectivity index (χ1) is 10.1. The van der Waals surface area contributed by atoms with E-state index in [1.54, 1.807) is 22.6 Å². The molecule has 2 aromatic heterocycles. The molecule has 21 heavy (non-hydrogen) atoms. The van der Waals surface area contributed by atoms with Crippen LogP contribution in [0.15, 0.2) is 36.7 Å². The van der Waals surface area contributed by atoms with Crippen LogP contribution in [0.25, 0.3) is 16.9 Å². The van der Waals surface area contributed by atoms with Crippen LogP contribution in [0.2, 0.25) is 0 Å². The molecule has 0 aliphatic rings. The average Bonchev–Trinajstić information content (AvgIpc) is 3.03. The van der Waals surface area contributed by atoms with E-state index < -0.39 is 0 Å². The van der Waals surface area contributed by atoms with Crippen LogP contribution < -0.4 is 5.73 Å². The fourth-order valence-corrected chi connectivity index (χ4v) is 2.38. The van der Waals surface area contributed by atoms with Crippen molar-refractivity contribution in [3.8, 4) is 23.0 Å². The van der Waals surface area contributed by atoms with Crippen LogP contribution >= 0.6 is 0 Å². The summed E-state index contributed by atoms with van der Waals surface area (Å²) >= 11 is 0. The van der Waals surface area contributed by atoms with Crippen LogP contribution in [0.3, 0.4) is 0 Å². The molecule has 6 nitrogen and oxygen atoms in total. The third-order valence-corrected chi connectivity index (χ3v) is 3.38. The number of nitrogens with zero attached hydrogens (tertiary/aromatic N) is 5. The maximum atomic E-state index is 9.28. The molecule has 0 amide bonds. The van der Waals surface area contributed by atoms with Crippen molar-refractivity contribution in [2.45, 2.75) is 6.92 Å². The predicted octanol–water partition coefficient (Wildman–Crippen LogP) is 2.04. The molecule has 0 saturated carbocycles. The van der Waals surface area contributed by atoms with Crippen molar-refractivity contribution >= 4 is 5.69 Å². The first-order valence-corrected chi connectivity index (χ1v) is 6.45. The third-order valence-electron chi connectivity index (χ3n) is 3.38. The fraction of sp³-hybridized carbons (Fsp3) is 0.133. The molecule has 2 N–H and O–H groups in total. The Morgan fingerprint density at radius 3 is 2.76 bits per heavy atom. The lowest BCUT2D eigenvalue weighted by molar-refractivity contribution is 0.693. The number of aromatic nitrogens is 4. The number of nitriles is 1. The van der Waals surface area contributed by atoms with Gasteiger partial charge >= 0.3 is 0 Å². The predicted molar refractivity (Wildman–Crippen MR) is 79.6 cm³/mol. The summed E-state index contributed by atoms with van der Waals surface area (Å²) in [7, 11) is 1.79. The summed E-state index contributed by atoms with van der Waals surface area (Å²) < 4.78 is 3.30. The largest absolute Gasteiger partial charge is 0.398 e. The second-order valence-corrected chi connectivity index (χ2v) is 4.78. The number of benzene rings is 1. The van der Waals surface area contributed by atoms with E-state index >= 15 is 0 Å². The van der Waals surface area contributed by atoms with Crippen molar-refractivity contribution in [1.29, 1.82) is 5.26 Å². The van der Waals surface area contributed by atoms with Gasteiger partial charge in [0.25, 0.3) is 0 Å². The van der Waals surface area contributed by atoms with Crippen LogP contribution in [0, 0.1) is 18.3 Å². The lowest BCUT2D eigenvalue weighted by atomic mass is 10.1. The number of nitrogen functional groups attached to an aromatic ring is 1. The van der Waals surface area contributed by atoms with Gasteiger partial charge in [0.1, 0.15) is 11.6 Å². The highest BCUT2D eigenvalue weighted by molar-refractivity contribution is 5.75. The number of nitrogens with two attached hydrogens (primary N) is 1. The van der Waals surface area contributed by atoms with Gasteiger partial charge < -0.3 is 5.73 Å². The Morgan fingerprint density at radius 1 is 1.29 bits per heavy atom. The summed E-state index contributed by atoms with van der Waals surface area (Å²) in [5.41, 5.74) is 9.70. The van der Waals surface area contributed by atoms with Gasteiger partial charge in [0.05, 0.1) is 11.9 Å². The summed E-state index contributed by atoms with van der Waals surface area (Å²) in [6.45, 7) is 1.81. The minimum Gasteiger partial charge on any atom is -0.398 e. The van der Waals surface area contributed by atoms with Crippen LogP contribution in [-0.2, 0) is 7.05 Å². The Morgan fingerprint density at radius 2 is 2.05 bits per heavy atom. The molecule has 0 aliphatic heterocycles. The van der Waals surface area contributed by atoms with E-state index in [1.807, 2.05) is 37.4 Å². The maximum absolute atomic E-state index is 9.28. The highest BCUT2D eigenvalue weighted by atomic mass is 15.4. The van der Waals surface area contributed by atoms with Gasteiger partial charge in [0, 0.05) is 30.1 Å². The number of hydrogen-bond donors (Lipinski definition) is 1. The molecule has 0 bridgehead atoms. The minimum atomic E-state index is 0.521. The zero-order chi connectivity index (χ0) is 15.0. The standard InChI is InChI=1S/C15H14N6/c1-10-13(7-16)15(20(2)19-10)21-9-11(8-18-21)12-5-3-4-6-14(12)17/h3-6,8-9H,17H2,1-2H3. The topological polar surface area (TPSA) is 85.4 Å². The van der Waals surface area contributed by atoms with Gasteiger partial charge in [-0.25, -0.2) is 9.36 Å². The van der Waals surface area contributed by atoms with Crippen molar-refractivity contribution in [2.75, 3.05) is 5.73 Å². The number of hydrogen-bond acceptors (Lipinski definition) is 4. The number of rotatable bonds is 2. The summed E-state index contributed by atoms with van der Waals surface area (Å²) in [6.07, 6.45) is 3.58. The van der Waals surface area contributed by atoms with E-state index in [2.05, 4.69) is 16.3 Å². The zero-order valence-corrected chi connectivity index (χ0v) is 11.8. The summed E-state index contributed by atoms with van der Waals surface area (Å²) in [5.74, 6) is 0.649. The minimum absolute atomic E-state index is 0.521. The van der Waals surface area contributed by atoms with Crippen LogP contribution in [-0.4, -0.2) is 19.6 Å². The molecule has 0 aliphatic carbocycles. The van der Waals surface area contributed by atoms with Gasteiger partial charge in [0.2, 0.25) is 0 Å². The molecule has 3 rings (SSSR count). The Labute approximate surface area is 122 Å². The van der Waals surface area contributed by atoms with E-state index in [0.29, 0.717) is 22.8 Å². The normalized spacial score (nSPS) is 10.5. The maximum Gasteiger partial charge on any atom is 0.169 e. The lowest BCUT2D eigenvalue weighted by Crippen LogP contribution is -2.04. The number of para-hydroxylation sites is 1. The Balaban J connectivity index is 2.12. The third kappa shape index (κ3) is 2.05. The van der Waals surface area contributed by atoms with E-state index in [1.165, 1.54) is 0 Å². The van der Waals surface area contributed by atoms with E-state index in [0.717, 1.165) is 11.1 Å². The molecule has 0 radical (unpaired) electrons. The molecular weight excluding hydrogens is 264 g/mol. The molecule has 0 atom stereocenters. The van der Waals surface area contributed by atoms with Gasteiger partial charge in [0.15, 0.2) is 5.82 Å². The van der Waals surface area contributed by atoms with E-state index in [-0.39, 0.29) is 0 Å². The highest BCUT2D eigenvalue weighted by Gasteiger charge is 2.16. The summed E-state index contributed by atoms with van der Waals surface area (Å²) in [5, 5.41) is 17.9. The van der Waals surface area contributed by atoms with Gasteiger partial charge in [-0.1, -0.05) is 18.2 Å². The second kappa shape index (κ2) is 4.80. The number of anilines is 1. The molecule has 0 spiro atoms. The molecule has 2 heterocycles. The zero-order valence-electron chi connectivity index (χ0n) is 11.8. The van der Waals surface area contributed by atoms with Crippen LogP contribution in [0.1, 0.15) is 11.3 Å². The van der Waals surface area contributed by atoms with E-state index in [4.69, 9.17) is 5.73 Å². The SMILES string of the molecule is Cc1nn(C)c(-n2cc(-c3ccccc3N)cn2)c1C#N. The molecule has 0 saturated heterocycles. The van der Waals surface area contributed by atoms with Gasteiger partial charge in [-0.05, 0) is 13.0 Å². The Kier molecular flexibility index (Phi) is 2.95. The average molecular weight is 278 g/mol. The molecule has 1 aromatic carbocycles. The molecule has 0 fully saturated rings. The van der Waals surface area contributed by atoms with Crippen LogP contribution in [0.5, 0.6) is 0 Å². The number of aryl methyl sites for hydroxylation is 2. The van der Waals surface area contributed by atoms with Crippen molar-refractivity contribution < 1.29 is 0 Å². The van der Waals surface area contributed by atoms with Crippen molar-refractivity contribution in [3.05, 3.63) is 47.9 Å². The van der Waals surface area contributed by atoms with Crippen molar-refractivity contribution in [3.63, 3.8) is 0 Å². The van der Waals surface area contributed by atoms with E-state index in [9.17, 15) is 5.26 Å². The summed E-state index contributed by atoms with van der Waals surface area (Å²) in [6, 6.07) is 9.78. The van der Waals surface area contributed by atoms with Gasteiger partial charge in [-0.15, -0.1) is 0 Å². The Hall–Kier alpha value is -3.07. The summed E-state index contributed by atoms with van der Waals surface area (Å²) in [4.78, 5) is 0. The lowest BCUT2D eigenvalue weighted by Gasteiger charge is -2.03. The van der Waals surface area contributed by atoms with Crippen LogP contribution in [0.4, 0.5) is 5.69 Å². The molecular formula is C15H14N6. The first-order valence-electron chi connectivity index (χ1n) is 6.45. The molecule has 3 aromatic rings. The molecule has 104 valence electrons. The monoisotopic (exact) mass is 278 g/mol. The van der Waals surface area contributed by atoms with Gasteiger partial charge in [-0.2, -0.15) is 15.5 Å². The molecule has 6 heteroatoms. The second-order valence-electron chi connectivity index (χ2n) is 4.78. The molecule has 0 unspecified atom stereocenters. The van der Waals surface area contributed by atoms with Crippen molar-refractivity contribution in [1.82, 2.24) is 19.6 Å². The quantitative estimate of drug-likeness (QED) is 0.727.